The molecule has 0 spiro atoms. The number of thioether (sulfide) groups is 1. The largest absolute Gasteiger partial charge is 0.478 e. The molecule has 1 saturated carbocycles. The average Bonchev–Trinajstić information content (AvgIpc) is 3.04. The average molecular weight is 407 g/mol. The molecule has 148 valence electrons. The molecule has 2 fully saturated rings. The van der Waals surface area contributed by atoms with Crippen LogP contribution in [0.15, 0.2) is 64.5 Å². The molecule has 1 N–H and O–H groups in total. The number of amides is 1. The van der Waals surface area contributed by atoms with Crippen LogP contribution >= 0.6 is 11.8 Å². The van der Waals surface area contributed by atoms with E-state index >= 15 is 0 Å². The molecular weight excluding hydrogens is 384 g/mol. The van der Waals surface area contributed by atoms with Gasteiger partial charge in [-0.05, 0) is 60.5 Å². The van der Waals surface area contributed by atoms with Gasteiger partial charge in [0.05, 0.1) is 16.2 Å². The molecule has 0 atom stereocenters. The van der Waals surface area contributed by atoms with E-state index in [1.54, 1.807) is 24.3 Å². The highest BCUT2D eigenvalue weighted by atomic mass is 32.2. The number of para-hydroxylation sites is 1. The lowest BCUT2D eigenvalue weighted by molar-refractivity contribution is -0.124. The van der Waals surface area contributed by atoms with E-state index in [0.29, 0.717) is 4.91 Å². The Kier molecular flexibility index (Phi) is 5.81. The number of aromatic carboxylic acids is 1. The molecule has 0 aromatic heterocycles. The van der Waals surface area contributed by atoms with Gasteiger partial charge >= 0.3 is 5.97 Å². The van der Waals surface area contributed by atoms with Gasteiger partial charge < -0.3 is 5.11 Å². The first-order valence-electron chi connectivity index (χ1n) is 9.82. The summed E-state index contributed by atoms with van der Waals surface area (Å²) in [6, 6.07) is 16.4. The van der Waals surface area contributed by atoms with Gasteiger partial charge in [-0.25, -0.2) is 9.79 Å². The molecule has 1 aliphatic heterocycles. The van der Waals surface area contributed by atoms with Crippen LogP contribution in [0, 0.1) is 0 Å². The zero-order valence-electron chi connectivity index (χ0n) is 16.0. The van der Waals surface area contributed by atoms with Crippen molar-refractivity contribution in [1.29, 1.82) is 0 Å². The van der Waals surface area contributed by atoms with E-state index in [1.165, 1.54) is 18.2 Å². The zero-order valence-corrected chi connectivity index (χ0v) is 16.8. The van der Waals surface area contributed by atoms with Gasteiger partial charge in [0.15, 0.2) is 5.17 Å². The van der Waals surface area contributed by atoms with Gasteiger partial charge in [0.2, 0.25) is 0 Å². The Hall–Kier alpha value is -2.86. The fourth-order valence-electron chi connectivity index (χ4n) is 3.71. The third-order valence-corrected chi connectivity index (χ3v) is 6.20. The molecule has 6 heteroatoms. The van der Waals surface area contributed by atoms with Crippen molar-refractivity contribution in [2.75, 3.05) is 0 Å². The summed E-state index contributed by atoms with van der Waals surface area (Å²) in [7, 11) is 0. The van der Waals surface area contributed by atoms with Crippen molar-refractivity contribution >= 4 is 40.6 Å². The Morgan fingerprint density at radius 1 is 1.03 bits per heavy atom. The number of carboxylic acids is 1. The maximum atomic E-state index is 13.2. The summed E-state index contributed by atoms with van der Waals surface area (Å²) < 4.78 is 0. The van der Waals surface area contributed by atoms with Gasteiger partial charge in [-0.15, -0.1) is 0 Å². The molecule has 0 unspecified atom stereocenters. The minimum atomic E-state index is -0.962. The van der Waals surface area contributed by atoms with Crippen molar-refractivity contribution in [3.05, 3.63) is 70.6 Å². The summed E-state index contributed by atoms with van der Waals surface area (Å²) in [5.41, 5.74) is 1.86. The monoisotopic (exact) mass is 406 g/mol. The standard InChI is InChI=1S/C23H22N2O3S/c26-21-20(15-16-11-13-17(14-12-16)22(27)28)29-23(24-18-7-3-1-4-8-18)25(21)19-9-5-2-6-10-19/h1,3-4,7-8,11-15,19H,2,5-6,9-10H2,(H,27,28)/b20-15+,24-23?. The Bertz CT molecular complexity index is 961. The first-order chi connectivity index (χ1) is 14.1. The summed E-state index contributed by atoms with van der Waals surface area (Å²) in [6.07, 6.45) is 7.31. The molecule has 1 aliphatic carbocycles. The van der Waals surface area contributed by atoms with Gasteiger partial charge in [0, 0.05) is 6.04 Å². The lowest BCUT2D eigenvalue weighted by Gasteiger charge is -2.30. The van der Waals surface area contributed by atoms with Crippen LogP contribution in [-0.4, -0.2) is 33.1 Å². The molecule has 1 amide bonds. The van der Waals surface area contributed by atoms with Gasteiger partial charge in [-0.3, -0.25) is 9.69 Å². The lowest BCUT2D eigenvalue weighted by Crippen LogP contribution is -2.40. The van der Waals surface area contributed by atoms with E-state index in [0.717, 1.165) is 42.1 Å². The SMILES string of the molecule is O=C(O)c1ccc(/C=C2/SC(=Nc3ccccc3)N(C3CCCCC3)C2=O)cc1. The predicted octanol–water partition coefficient (Wildman–Crippen LogP) is 5.32. The van der Waals surface area contributed by atoms with Crippen LogP contribution in [0.2, 0.25) is 0 Å². The van der Waals surface area contributed by atoms with E-state index in [-0.39, 0.29) is 17.5 Å². The number of amidine groups is 1. The van der Waals surface area contributed by atoms with Crippen LogP contribution in [0.3, 0.4) is 0 Å². The van der Waals surface area contributed by atoms with Crippen molar-refractivity contribution in [3.8, 4) is 0 Å². The quantitative estimate of drug-likeness (QED) is 0.698. The maximum Gasteiger partial charge on any atom is 0.335 e. The molecule has 4 rings (SSSR count). The number of carbonyl (C=O) groups is 2. The number of benzene rings is 2. The summed E-state index contributed by atoms with van der Waals surface area (Å²) in [5, 5.41) is 9.78. The third-order valence-electron chi connectivity index (χ3n) is 5.21. The van der Waals surface area contributed by atoms with Crippen LogP contribution in [0.4, 0.5) is 5.69 Å². The van der Waals surface area contributed by atoms with Crippen molar-refractivity contribution in [1.82, 2.24) is 4.90 Å². The van der Waals surface area contributed by atoms with Crippen molar-refractivity contribution in [3.63, 3.8) is 0 Å². The van der Waals surface area contributed by atoms with Gasteiger partial charge in [0.1, 0.15) is 0 Å². The highest BCUT2D eigenvalue weighted by Gasteiger charge is 2.38. The van der Waals surface area contributed by atoms with Crippen LogP contribution in [0.25, 0.3) is 6.08 Å². The molecule has 1 heterocycles. The molecule has 0 radical (unpaired) electrons. The van der Waals surface area contributed by atoms with Crippen molar-refractivity contribution in [2.24, 2.45) is 4.99 Å². The van der Waals surface area contributed by atoms with Crippen molar-refractivity contribution < 1.29 is 14.7 Å². The number of aliphatic imine (C=N–C) groups is 1. The van der Waals surface area contributed by atoms with Crippen LogP contribution < -0.4 is 0 Å². The minimum Gasteiger partial charge on any atom is -0.478 e. The number of carboxylic acid groups (broad SMARTS) is 1. The summed E-state index contributed by atoms with van der Waals surface area (Å²) in [6.45, 7) is 0. The van der Waals surface area contributed by atoms with Gasteiger partial charge in [-0.1, -0.05) is 49.6 Å². The fourth-order valence-corrected chi connectivity index (χ4v) is 4.77. The molecule has 29 heavy (non-hydrogen) atoms. The molecule has 2 aromatic rings. The number of hydrogen-bond donors (Lipinski definition) is 1. The van der Waals surface area contributed by atoms with Gasteiger partial charge in [-0.2, -0.15) is 0 Å². The second-order valence-electron chi connectivity index (χ2n) is 7.23. The van der Waals surface area contributed by atoms with Crippen molar-refractivity contribution in [2.45, 2.75) is 38.1 Å². The molecule has 1 saturated heterocycles. The number of rotatable bonds is 4. The first-order valence-corrected chi connectivity index (χ1v) is 10.6. The van der Waals surface area contributed by atoms with E-state index in [1.807, 2.05) is 41.3 Å². The second kappa shape index (κ2) is 8.66. The number of nitrogens with zero attached hydrogens (tertiary/aromatic N) is 2. The Morgan fingerprint density at radius 3 is 2.38 bits per heavy atom. The van der Waals surface area contributed by atoms with Crippen LogP contribution in [-0.2, 0) is 4.79 Å². The van der Waals surface area contributed by atoms with E-state index in [4.69, 9.17) is 10.1 Å². The summed E-state index contributed by atoms with van der Waals surface area (Å²) >= 11 is 1.39. The minimum absolute atomic E-state index is 0.0149. The Labute approximate surface area is 174 Å². The predicted molar refractivity (Wildman–Crippen MR) is 116 cm³/mol. The van der Waals surface area contributed by atoms with E-state index < -0.39 is 5.97 Å². The highest BCUT2D eigenvalue weighted by molar-refractivity contribution is 8.18. The smallest absolute Gasteiger partial charge is 0.335 e. The maximum absolute atomic E-state index is 13.2. The molecular formula is C23H22N2O3S. The van der Waals surface area contributed by atoms with Crippen LogP contribution in [0.5, 0.6) is 0 Å². The summed E-state index contributed by atoms with van der Waals surface area (Å²) in [5.74, 6) is -0.977. The first kappa shape index (κ1) is 19.5. The molecule has 5 nitrogen and oxygen atoms in total. The van der Waals surface area contributed by atoms with Crippen LogP contribution in [0.1, 0.15) is 48.0 Å². The second-order valence-corrected chi connectivity index (χ2v) is 8.24. The normalized spacial score (nSPS) is 20.6. The highest BCUT2D eigenvalue weighted by Crippen LogP contribution is 2.38. The molecule has 2 aliphatic rings. The summed E-state index contributed by atoms with van der Waals surface area (Å²) in [4.78, 5) is 31.5. The molecule has 0 bridgehead atoms. The van der Waals surface area contributed by atoms with E-state index in [2.05, 4.69) is 0 Å². The fraction of sp³-hybridized carbons (Fsp3) is 0.261. The van der Waals surface area contributed by atoms with Gasteiger partial charge in [0.25, 0.3) is 5.91 Å². The Balaban J connectivity index is 1.66. The zero-order chi connectivity index (χ0) is 20.2. The lowest BCUT2D eigenvalue weighted by atomic mass is 9.94. The Morgan fingerprint density at radius 2 is 1.72 bits per heavy atom. The number of hydrogen-bond acceptors (Lipinski definition) is 4. The third kappa shape index (κ3) is 4.43. The molecule has 2 aromatic carbocycles. The number of carbonyl (C=O) groups excluding carboxylic acids is 1. The van der Waals surface area contributed by atoms with E-state index in [9.17, 15) is 9.59 Å². The topological polar surface area (TPSA) is 70.0 Å².